The van der Waals surface area contributed by atoms with Crippen LogP contribution in [0.15, 0.2) is 0 Å². The fourth-order valence-electron chi connectivity index (χ4n) is 1.71. The third-order valence-corrected chi connectivity index (χ3v) is 2.79. The summed E-state index contributed by atoms with van der Waals surface area (Å²) in [6.45, 7) is 4.47. The summed E-state index contributed by atoms with van der Waals surface area (Å²) in [6, 6.07) is -0.370. The fraction of sp³-hybridized carbons (Fsp3) is 0.900. The largest absolute Gasteiger partial charge is 0.390 e. The summed E-state index contributed by atoms with van der Waals surface area (Å²) in [6.07, 6.45) is -5.20. The molecule has 1 aliphatic heterocycles. The molecule has 1 aliphatic rings. The summed E-state index contributed by atoms with van der Waals surface area (Å²) >= 11 is 0. The lowest BCUT2D eigenvalue weighted by molar-refractivity contribution is -0.136. The Balaban J connectivity index is 2.26. The number of nitrogens with one attached hydrogen (secondary N) is 2. The maximum Gasteiger partial charge on any atom is 0.390 e. The number of alkyl halides is 3. The summed E-state index contributed by atoms with van der Waals surface area (Å²) in [4.78, 5) is 13.5. The average molecular weight is 253 g/mol. The van der Waals surface area contributed by atoms with Crippen molar-refractivity contribution in [1.29, 1.82) is 0 Å². The Morgan fingerprint density at radius 3 is 2.53 bits per heavy atom. The summed E-state index contributed by atoms with van der Waals surface area (Å²) in [7, 11) is 0. The minimum absolute atomic E-state index is 0.337. The van der Waals surface area contributed by atoms with E-state index in [1.807, 2.05) is 4.90 Å². The van der Waals surface area contributed by atoms with Crippen molar-refractivity contribution in [2.24, 2.45) is 0 Å². The minimum Gasteiger partial charge on any atom is -0.354 e. The molecule has 1 fully saturated rings. The van der Waals surface area contributed by atoms with E-state index in [1.54, 1.807) is 6.92 Å². The lowest BCUT2D eigenvalue weighted by Crippen LogP contribution is -2.52. The van der Waals surface area contributed by atoms with Crippen molar-refractivity contribution in [3.8, 4) is 0 Å². The van der Waals surface area contributed by atoms with Gasteiger partial charge in [0.2, 0.25) is 5.91 Å². The maximum atomic E-state index is 11.9. The van der Waals surface area contributed by atoms with Crippen molar-refractivity contribution in [3.05, 3.63) is 0 Å². The fourth-order valence-corrected chi connectivity index (χ4v) is 1.71. The van der Waals surface area contributed by atoms with Gasteiger partial charge >= 0.3 is 6.18 Å². The van der Waals surface area contributed by atoms with Crippen molar-refractivity contribution in [3.63, 3.8) is 0 Å². The highest BCUT2D eigenvalue weighted by molar-refractivity contribution is 5.81. The number of carbonyl (C=O) groups excluding carboxylic acids is 1. The predicted molar refractivity (Wildman–Crippen MR) is 57.6 cm³/mol. The molecule has 1 atom stereocenters. The monoisotopic (exact) mass is 253 g/mol. The Kier molecular flexibility index (Phi) is 5.20. The van der Waals surface area contributed by atoms with E-state index < -0.39 is 12.6 Å². The summed E-state index contributed by atoms with van der Waals surface area (Å²) in [5.41, 5.74) is 0. The highest BCUT2D eigenvalue weighted by Crippen LogP contribution is 2.18. The van der Waals surface area contributed by atoms with Gasteiger partial charge in [-0.1, -0.05) is 0 Å². The lowest BCUT2D eigenvalue weighted by Gasteiger charge is -2.31. The molecule has 0 bridgehead atoms. The molecule has 0 aromatic heterocycles. The Hall–Kier alpha value is -0.820. The zero-order valence-corrected chi connectivity index (χ0v) is 9.81. The molecule has 4 nitrogen and oxygen atoms in total. The van der Waals surface area contributed by atoms with E-state index in [4.69, 9.17) is 0 Å². The van der Waals surface area contributed by atoms with Crippen LogP contribution in [0.1, 0.15) is 13.3 Å². The van der Waals surface area contributed by atoms with Crippen LogP contribution in [-0.2, 0) is 4.79 Å². The molecule has 17 heavy (non-hydrogen) atoms. The number of rotatable bonds is 4. The average Bonchev–Trinajstić information content (AvgIpc) is 2.27. The highest BCUT2D eigenvalue weighted by atomic mass is 19.4. The minimum atomic E-state index is -4.22. The Labute approximate surface area is 98.5 Å². The third-order valence-electron chi connectivity index (χ3n) is 2.79. The van der Waals surface area contributed by atoms with E-state index in [-0.39, 0.29) is 18.5 Å². The third kappa shape index (κ3) is 5.36. The number of amides is 1. The van der Waals surface area contributed by atoms with Crippen LogP contribution in [-0.4, -0.2) is 55.7 Å². The molecule has 2 N–H and O–H groups in total. The first-order valence-corrected chi connectivity index (χ1v) is 5.69. The SMILES string of the molecule is CC(C(=O)NCCC(F)(F)F)N1CCNCC1. The second kappa shape index (κ2) is 6.20. The van der Waals surface area contributed by atoms with Gasteiger partial charge in [-0.15, -0.1) is 0 Å². The molecule has 0 aromatic rings. The molecule has 0 radical (unpaired) electrons. The number of piperazine rings is 1. The molecular weight excluding hydrogens is 235 g/mol. The van der Waals surface area contributed by atoms with E-state index >= 15 is 0 Å². The van der Waals surface area contributed by atoms with Crippen molar-refractivity contribution in [2.45, 2.75) is 25.6 Å². The maximum absolute atomic E-state index is 11.9. The van der Waals surface area contributed by atoms with E-state index in [0.717, 1.165) is 26.2 Å². The van der Waals surface area contributed by atoms with Gasteiger partial charge in [-0.25, -0.2) is 0 Å². The molecular formula is C10H18F3N3O. The van der Waals surface area contributed by atoms with Crippen LogP contribution in [0.25, 0.3) is 0 Å². The van der Waals surface area contributed by atoms with E-state index in [2.05, 4.69) is 10.6 Å². The molecule has 0 aromatic carbocycles. The smallest absolute Gasteiger partial charge is 0.354 e. The van der Waals surface area contributed by atoms with Crippen molar-refractivity contribution >= 4 is 5.91 Å². The van der Waals surface area contributed by atoms with Crippen LogP contribution in [0.5, 0.6) is 0 Å². The first kappa shape index (κ1) is 14.2. The molecule has 7 heteroatoms. The second-order valence-corrected chi connectivity index (χ2v) is 4.12. The quantitative estimate of drug-likeness (QED) is 0.760. The van der Waals surface area contributed by atoms with Gasteiger partial charge in [0.25, 0.3) is 0 Å². The van der Waals surface area contributed by atoms with Gasteiger partial charge in [0.1, 0.15) is 0 Å². The zero-order valence-electron chi connectivity index (χ0n) is 9.81. The number of carbonyl (C=O) groups is 1. The summed E-state index contributed by atoms with van der Waals surface area (Å²) < 4.78 is 35.7. The summed E-state index contributed by atoms with van der Waals surface area (Å²) in [5.74, 6) is -0.337. The van der Waals surface area contributed by atoms with Crippen LogP contribution in [0, 0.1) is 0 Å². The van der Waals surface area contributed by atoms with Gasteiger partial charge in [0, 0.05) is 32.7 Å². The second-order valence-electron chi connectivity index (χ2n) is 4.12. The van der Waals surface area contributed by atoms with Gasteiger partial charge in [-0.05, 0) is 6.92 Å². The molecule has 1 saturated heterocycles. The van der Waals surface area contributed by atoms with E-state index in [1.165, 1.54) is 0 Å². The lowest BCUT2D eigenvalue weighted by atomic mass is 10.2. The van der Waals surface area contributed by atoms with Crippen LogP contribution >= 0.6 is 0 Å². The van der Waals surface area contributed by atoms with Gasteiger partial charge in [-0.2, -0.15) is 13.2 Å². The molecule has 1 rings (SSSR count). The molecule has 100 valence electrons. The first-order valence-electron chi connectivity index (χ1n) is 5.69. The van der Waals surface area contributed by atoms with Crippen molar-refractivity contribution in [2.75, 3.05) is 32.7 Å². The van der Waals surface area contributed by atoms with Crippen molar-refractivity contribution < 1.29 is 18.0 Å². The molecule has 0 spiro atoms. The standard InChI is InChI=1S/C10H18F3N3O/c1-8(16-6-4-14-5-7-16)9(17)15-3-2-10(11,12)13/h8,14H,2-7H2,1H3,(H,15,17). The predicted octanol–water partition coefficient (Wildman–Crippen LogP) is 0.349. The molecule has 0 saturated carbocycles. The summed E-state index contributed by atoms with van der Waals surface area (Å²) in [5, 5.41) is 5.46. The topological polar surface area (TPSA) is 44.4 Å². The molecule has 1 amide bonds. The van der Waals surface area contributed by atoms with Gasteiger partial charge in [0.15, 0.2) is 0 Å². The molecule has 1 heterocycles. The number of nitrogens with zero attached hydrogens (tertiary/aromatic N) is 1. The number of halogens is 3. The number of hydrogen-bond acceptors (Lipinski definition) is 3. The van der Waals surface area contributed by atoms with Gasteiger partial charge in [-0.3, -0.25) is 9.69 Å². The Morgan fingerprint density at radius 2 is 2.00 bits per heavy atom. The van der Waals surface area contributed by atoms with Crippen molar-refractivity contribution in [1.82, 2.24) is 15.5 Å². The van der Waals surface area contributed by atoms with Crippen LogP contribution in [0.2, 0.25) is 0 Å². The zero-order chi connectivity index (χ0) is 12.9. The van der Waals surface area contributed by atoms with Gasteiger partial charge < -0.3 is 10.6 Å². The Bertz CT molecular complexity index is 252. The highest BCUT2D eigenvalue weighted by Gasteiger charge is 2.28. The van der Waals surface area contributed by atoms with Crippen LogP contribution < -0.4 is 10.6 Å². The first-order chi connectivity index (χ1) is 7.90. The Morgan fingerprint density at radius 1 is 1.41 bits per heavy atom. The number of hydrogen-bond donors (Lipinski definition) is 2. The molecule has 0 aliphatic carbocycles. The van der Waals surface area contributed by atoms with Crippen LogP contribution in [0.3, 0.4) is 0 Å². The normalized spacial score (nSPS) is 20.0. The van der Waals surface area contributed by atoms with Gasteiger partial charge in [0.05, 0.1) is 12.5 Å². The van der Waals surface area contributed by atoms with Crippen LogP contribution in [0.4, 0.5) is 13.2 Å². The van der Waals surface area contributed by atoms with E-state index in [9.17, 15) is 18.0 Å². The van der Waals surface area contributed by atoms with E-state index in [0.29, 0.717) is 0 Å². The molecule has 1 unspecified atom stereocenters.